The van der Waals surface area contributed by atoms with Crippen molar-refractivity contribution in [2.75, 3.05) is 72.1 Å². The second-order valence-electron chi connectivity index (χ2n) is 7.82. The number of nitrogens with zero attached hydrogens (tertiary/aromatic N) is 4. The van der Waals surface area contributed by atoms with Gasteiger partial charge in [-0.15, -0.1) is 0 Å². The summed E-state index contributed by atoms with van der Waals surface area (Å²) in [5, 5.41) is 3.41. The summed E-state index contributed by atoms with van der Waals surface area (Å²) in [7, 11) is 0. The van der Waals surface area contributed by atoms with Crippen molar-refractivity contribution in [3.05, 3.63) is 0 Å². The molecule has 3 rings (SSSR count). The summed E-state index contributed by atoms with van der Waals surface area (Å²) >= 11 is 0. The van der Waals surface area contributed by atoms with Crippen LogP contribution in [0.1, 0.15) is 26.7 Å². The Kier molecular flexibility index (Phi) is 6.17. The second kappa shape index (κ2) is 8.36. The van der Waals surface area contributed by atoms with Crippen molar-refractivity contribution in [1.29, 1.82) is 0 Å². The van der Waals surface area contributed by atoms with Crippen LogP contribution in [0.5, 0.6) is 0 Å². The first kappa shape index (κ1) is 18.5. The molecule has 0 aromatic carbocycles. The topological polar surface area (TPSA) is 60.4 Å². The van der Waals surface area contributed by atoms with Crippen LogP contribution in [0.2, 0.25) is 0 Å². The highest BCUT2D eigenvalue weighted by Gasteiger charge is 2.33. The van der Waals surface area contributed by atoms with Gasteiger partial charge in [0.1, 0.15) is 0 Å². The van der Waals surface area contributed by atoms with Crippen LogP contribution in [0, 0.1) is 5.41 Å². The molecule has 0 radical (unpaired) electrons. The molecule has 0 unspecified atom stereocenters. The Morgan fingerprint density at radius 1 is 1.08 bits per heavy atom. The molecule has 1 amide bonds. The lowest BCUT2D eigenvalue weighted by atomic mass is 9.89. The van der Waals surface area contributed by atoms with E-state index in [2.05, 4.69) is 29.0 Å². The molecule has 0 bridgehead atoms. The molecular weight excluding hydrogens is 318 g/mol. The van der Waals surface area contributed by atoms with Gasteiger partial charge in [-0.25, -0.2) is 0 Å². The predicted molar refractivity (Wildman–Crippen MR) is 98.7 cm³/mol. The van der Waals surface area contributed by atoms with E-state index in [0.29, 0.717) is 12.5 Å². The van der Waals surface area contributed by atoms with E-state index in [1.807, 2.05) is 4.90 Å². The number of guanidine groups is 1. The molecule has 25 heavy (non-hydrogen) atoms. The minimum Gasteiger partial charge on any atom is -0.380 e. The van der Waals surface area contributed by atoms with Crippen LogP contribution in [-0.4, -0.2) is 98.7 Å². The zero-order valence-electron chi connectivity index (χ0n) is 15.8. The highest BCUT2D eigenvalue weighted by atomic mass is 16.5. The van der Waals surface area contributed by atoms with Gasteiger partial charge in [0.15, 0.2) is 5.96 Å². The Hall–Kier alpha value is -1.34. The zero-order chi connectivity index (χ0) is 17.7. The molecule has 0 spiro atoms. The maximum absolute atomic E-state index is 12.3. The number of ether oxygens (including phenoxy) is 1. The summed E-state index contributed by atoms with van der Waals surface area (Å²) in [6.45, 7) is 13.8. The van der Waals surface area contributed by atoms with Crippen molar-refractivity contribution in [3.63, 3.8) is 0 Å². The Labute approximate surface area is 151 Å². The second-order valence-corrected chi connectivity index (χ2v) is 7.82. The molecule has 7 nitrogen and oxygen atoms in total. The van der Waals surface area contributed by atoms with Crippen LogP contribution >= 0.6 is 0 Å². The smallest absolute Gasteiger partial charge is 0.236 e. The summed E-state index contributed by atoms with van der Waals surface area (Å²) < 4.78 is 5.32. The summed E-state index contributed by atoms with van der Waals surface area (Å²) in [6, 6.07) is 0. The third kappa shape index (κ3) is 4.85. The summed E-state index contributed by atoms with van der Waals surface area (Å²) in [6.07, 6.45) is 2.32. The summed E-state index contributed by atoms with van der Waals surface area (Å²) in [5.41, 5.74) is 0.199. The average Bonchev–Trinajstić information content (AvgIpc) is 3.12. The van der Waals surface area contributed by atoms with Crippen LogP contribution in [-0.2, 0) is 9.53 Å². The van der Waals surface area contributed by atoms with E-state index in [9.17, 15) is 4.79 Å². The maximum atomic E-state index is 12.3. The number of likely N-dealkylation sites (tertiary alicyclic amines) is 1. The number of hydrogen-bond donors (Lipinski definition) is 1. The van der Waals surface area contributed by atoms with Crippen molar-refractivity contribution in [2.45, 2.75) is 26.7 Å². The number of piperazine rings is 1. The van der Waals surface area contributed by atoms with Crippen molar-refractivity contribution < 1.29 is 9.53 Å². The van der Waals surface area contributed by atoms with Crippen molar-refractivity contribution >= 4 is 11.9 Å². The van der Waals surface area contributed by atoms with Gasteiger partial charge in [-0.3, -0.25) is 14.7 Å². The quantitative estimate of drug-likeness (QED) is 0.568. The third-order valence-corrected chi connectivity index (χ3v) is 5.34. The van der Waals surface area contributed by atoms with Crippen LogP contribution in [0.25, 0.3) is 0 Å². The molecule has 0 saturated carbocycles. The average molecular weight is 351 g/mol. The van der Waals surface area contributed by atoms with Crippen molar-refractivity contribution in [1.82, 2.24) is 20.0 Å². The van der Waals surface area contributed by atoms with E-state index in [-0.39, 0.29) is 5.41 Å². The van der Waals surface area contributed by atoms with E-state index in [1.54, 1.807) is 0 Å². The van der Waals surface area contributed by atoms with Crippen LogP contribution < -0.4 is 5.32 Å². The standard InChI is InChI=1S/C18H33N5O2/c1-3-19-17(20-13-18(2)14-25-15-18)23-10-8-21(9-11-23)12-16(24)22-6-4-5-7-22/h3-15H2,1-2H3,(H,19,20). The Morgan fingerprint density at radius 2 is 1.76 bits per heavy atom. The first-order chi connectivity index (χ1) is 12.1. The van der Waals surface area contributed by atoms with Gasteiger partial charge >= 0.3 is 0 Å². The van der Waals surface area contributed by atoms with Crippen LogP contribution in [0.4, 0.5) is 0 Å². The molecule has 0 aromatic rings. The fourth-order valence-electron chi connectivity index (χ4n) is 3.61. The van der Waals surface area contributed by atoms with Gasteiger partial charge in [-0.1, -0.05) is 6.92 Å². The number of rotatable bonds is 5. The fraction of sp³-hybridized carbons (Fsp3) is 0.889. The lowest BCUT2D eigenvalue weighted by molar-refractivity contribution is -0.131. The predicted octanol–water partition coefficient (Wildman–Crippen LogP) is 0.228. The fourth-order valence-corrected chi connectivity index (χ4v) is 3.61. The highest BCUT2D eigenvalue weighted by Crippen LogP contribution is 2.26. The van der Waals surface area contributed by atoms with Gasteiger partial charge < -0.3 is 19.9 Å². The number of carbonyl (C=O) groups excluding carboxylic acids is 1. The monoisotopic (exact) mass is 351 g/mol. The van der Waals surface area contributed by atoms with Crippen molar-refractivity contribution in [2.24, 2.45) is 10.4 Å². The number of hydrogen-bond acceptors (Lipinski definition) is 4. The lowest BCUT2D eigenvalue weighted by Crippen LogP contribution is -2.54. The van der Waals surface area contributed by atoms with E-state index < -0.39 is 0 Å². The molecule has 0 aliphatic carbocycles. The molecule has 3 aliphatic rings. The minimum atomic E-state index is 0.199. The van der Waals surface area contributed by atoms with Gasteiger partial charge in [0, 0.05) is 51.2 Å². The Bertz CT molecular complexity index is 478. The van der Waals surface area contributed by atoms with Crippen LogP contribution in [0.3, 0.4) is 0 Å². The molecule has 3 saturated heterocycles. The van der Waals surface area contributed by atoms with Gasteiger partial charge in [0.05, 0.1) is 26.3 Å². The number of carbonyl (C=O) groups is 1. The van der Waals surface area contributed by atoms with E-state index in [1.165, 1.54) is 0 Å². The maximum Gasteiger partial charge on any atom is 0.236 e. The molecular formula is C18H33N5O2. The third-order valence-electron chi connectivity index (χ3n) is 5.34. The summed E-state index contributed by atoms with van der Waals surface area (Å²) in [4.78, 5) is 23.8. The number of aliphatic imine (C=N–C) groups is 1. The van der Waals surface area contributed by atoms with Gasteiger partial charge in [-0.2, -0.15) is 0 Å². The van der Waals surface area contributed by atoms with E-state index >= 15 is 0 Å². The Balaban J connectivity index is 1.47. The Morgan fingerprint density at radius 3 is 2.32 bits per heavy atom. The molecule has 0 aromatic heterocycles. The minimum absolute atomic E-state index is 0.199. The molecule has 3 aliphatic heterocycles. The van der Waals surface area contributed by atoms with Gasteiger partial charge in [-0.05, 0) is 19.8 Å². The molecule has 3 fully saturated rings. The summed E-state index contributed by atoms with van der Waals surface area (Å²) in [5.74, 6) is 1.30. The van der Waals surface area contributed by atoms with Gasteiger partial charge in [0.25, 0.3) is 0 Å². The zero-order valence-corrected chi connectivity index (χ0v) is 15.8. The van der Waals surface area contributed by atoms with E-state index in [4.69, 9.17) is 9.73 Å². The molecule has 7 heteroatoms. The molecule has 0 atom stereocenters. The highest BCUT2D eigenvalue weighted by molar-refractivity contribution is 5.80. The molecule has 142 valence electrons. The normalized spacial score (nSPS) is 24.3. The SMILES string of the molecule is CCNC(=NCC1(C)COC1)N1CCN(CC(=O)N2CCCC2)CC1. The number of amides is 1. The largest absolute Gasteiger partial charge is 0.380 e. The lowest BCUT2D eigenvalue weighted by Gasteiger charge is -2.39. The molecule has 3 heterocycles. The van der Waals surface area contributed by atoms with Crippen molar-refractivity contribution in [3.8, 4) is 0 Å². The van der Waals surface area contributed by atoms with Gasteiger partial charge in [0.2, 0.25) is 5.91 Å². The molecule has 1 N–H and O–H groups in total. The first-order valence-electron chi connectivity index (χ1n) is 9.71. The first-order valence-corrected chi connectivity index (χ1v) is 9.71. The van der Waals surface area contributed by atoms with Crippen LogP contribution in [0.15, 0.2) is 4.99 Å². The number of nitrogens with one attached hydrogen (secondary N) is 1. The van der Waals surface area contributed by atoms with E-state index in [0.717, 1.165) is 84.4 Å².